The summed E-state index contributed by atoms with van der Waals surface area (Å²) in [7, 11) is 0. The topological polar surface area (TPSA) is 47.6 Å². The van der Waals surface area contributed by atoms with E-state index in [4.69, 9.17) is 28.5 Å². The summed E-state index contributed by atoms with van der Waals surface area (Å²) in [6.07, 6.45) is 0. The van der Waals surface area contributed by atoms with E-state index in [-0.39, 0.29) is 10.6 Å². The minimum Gasteiger partial charge on any atom is -0.192 e. The first-order valence-electron chi connectivity index (χ1n) is 5.20. The fourth-order valence-corrected chi connectivity index (χ4v) is 2.57. The lowest BCUT2D eigenvalue weighted by Crippen LogP contribution is -1.90. The maximum Gasteiger partial charge on any atom is 0.102 e. The van der Waals surface area contributed by atoms with Crippen LogP contribution in [0.2, 0.25) is 10.0 Å². The molecule has 0 spiro atoms. The normalized spacial score (nSPS) is 9.74. The van der Waals surface area contributed by atoms with Crippen molar-refractivity contribution in [1.82, 2.24) is 0 Å². The molecule has 0 fully saturated rings. The van der Waals surface area contributed by atoms with Crippen molar-refractivity contribution in [3.63, 3.8) is 0 Å². The van der Waals surface area contributed by atoms with Gasteiger partial charge in [-0.3, -0.25) is 0 Å². The second-order valence-corrected chi connectivity index (χ2v) is 4.97. The van der Waals surface area contributed by atoms with Crippen LogP contribution in [0.25, 0.3) is 11.1 Å². The standard InChI is InChI=1S/C14H6Cl2N2S/c15-12-3-1-2-8(10(12)6-17)9-4-5-13(19)11(7-18)14(9)16/h1-5,19H. The van der Waals surface area contributed by atoms with E-state index in [1.807, 2.05) is 12.1 Å². The monoisotopic (exact) mass is 304 g/mol. The number of benzene rings is 2. The van der Waals surface area contributed by atoms with Crippen molar-refractivity contribution >= 4 is 35.8 Å². The van der Waals surface area contributed by atoms with Gasteiger partial charge in [-0.25, -0.2) is 0 Å². The van der Waals surface area contributed by atoms with Crippen molar-refractivity contribution in [2.75, 3.05) is 0 Å². The van der Waals surface area contributed by atoms with Crippen molar-refractivity contribution in [2.24, 2.45) is 0 Å². The van der Waals surface area contributed by atoms with E-state index in [2.05, 4.69) is 12.6 Å². The Morgan fingerprint density at radius 3 is 2.21 bits per heavy atom. The number of rotatable bonds is 1. The van der Waals surface area contributed by atoms with Crippen LogP contribution in [-0.4, -0.2) is 0 Å². The summed E-state index contributed by atoms with van der Waals surface area (Å²) >= 11 is 16.4. The van der Waals surface area contributed by atoms with Gasteiger partial charge < -0.3 is 0 Å². The highest BCUT2D eigenvalue weighted by Gasteiger charge is 2.15. The highest BCUT2D eigenvalue weighted by atomic mass is 35.5. The molecule has 0 aromatic heterocycles. The van der Waals surface area contributed by atoms with Gasteiger partial charge in [0.1, 0.15) is 12.1 Å². The van der Waals surface area contributed by atoms with Crippen LogP contribution >= 0.6 is 35.8 Å². The fraction of sp³-hybridized carbons (Fsp3) is 0. The molecule has 0 radical (unpaired) electrons. The second-order valence-electron chi connectivity index (χ2n) is 3.71. The molecule has 19 heavy (non-hydrogen) atoms. The van der Waals surface area contributed by atoms with Crippen molar-refractivity contribution < 1.29 is 0 Å². The molecule has 2 aromatic rings. The van der Waals surface area contributed by atoms with Gasteiger partial charge in [0.25, 0.3) is 0 Å². The van der Waals surface area contributed by atoms with Gasteiger partial charge in [0.15, 0.2) is 0 Å². The van der Waals surface area contributed by atoms with Crippen LogP contribution in [0.5, 0.6) is 0 Å². The molecule has 2 aromatic carbocycles. The lowest BCUT2D eigenvalue weighted by molar-refractivity contribution is 1.37. The minimum absolute atomic E-state index is 0.272. The molecule has 0 aliphatic carbocycles. The van der Waals surface area contributed by atoms with Gasteiger partial charge in [-0.05, 0) is 12.1 Å². The maximum atomic E-state index is 9.17. The third-order valence-electron chi connectivity index (χ3n) is 2.65. The van der Waals surface area contributed by atoms with E-state index in [1.54, 1.807) is 30.3 Å². The van der Waals surface area contributed by atoms with Crippen LogP contribution in [-0.2, 0) is 0 Å². The predicted molar refractivity (Wildman–Crippen MR) is 78.6 cm³/mol. The van der Waals surface area contributed by atoms with Gasteiger partial charge in [-0.1, -0.05) is 41.4 Å². The molecule has 0 bridgehead atoms. The molecule has 0 heterocycles. The number of nitrogens with zero attached hydrogens (tertiary/aromatic N) is 2. The minimum atomic E-state index is 0.272. The number of thiol groups is 1. The summed E-state index contributed by atoms with van der Waals surface area (Å²) in [5.41, 5.74) is 1.81. The Hall–Kier alpha value is -1.65. The van der Waals surface area contributed by atoms with Crippen molar-refractivity contribution in [3.8, 4) is 23.3 Å². The van der Waals surface area contributed by atoms with Crippen molar-refractivity contribution in [3.05, 3.63) is 51.5 Å². The van der Waals surface area contributed by atoms with Gasteiger partial charge >= 0.3 is 0 Å². The van der Waals surface area contributed by atoms with Gasteiger partial charge in [0.05, 0.1) is 21.2 Å². The quantitative estimate of drug-likeness (QED) is 0.777. The largest absolute Gasteiger partial charge is 0.192 e. The third kappa shape index (κ3) is 2.41. The molecule has 0 saturated carbocycles. The zero-order chi connectivity index (χ0) is 14.0. The first kappa shape index (κ1) is 13.8. The van der Waals surface area contributed by atoms with Gasteiger partial charge in [-0.2, -0.15) is 10.5 Å². The average Bonchev–Trinajstić information content (AvgIpc) is 2.39. The molecule has 2 nitrogen and oxygen atoms in total. The zero-order valence-corrected chi connectivity index (χ0v) is 11.9. The summed E-state index contributed by atoms with van der Waals surface area (Å²) in [5, 5.41) is 18.9. The summed E-state index contributed by atoms with van der Waals surface area (Å²) in [5.74, 6) is 0. The average molecular weight is 305 g/mol. The van der Waals surface area contributed by atoms with E-state index in [9.17, 15) is 5.26 Å². The highest BCUT2D eigenvalue weighted by molar-refractivity contribution is 7.80. The lowest BCUT2D eigenvalue weighted by Gasteiger charge is -2.10. The van der Waals surface area contributed by atoms with Gasteiger partial charge in [0.2, 0.25) is 0 Å². The Bertz CT molecular complexity index is 742. The summed E-state index contributed by atoms with van der Waals surface area (Å²) in [6.45, 7) is 0. The molecular formula is C14H6Cl2N2S. The third-order valence-corrected chi connectivity index (χ3v) is 3.73. The van der Waals surface area contributed by atoms with Crippen LogP contribution in [0.4, 0.5) is 0 Å². The van der Waals surface area contributed by atoms with Crippen LogP contribution in [0.15, 0.2) is 35.2 Å². The Morgan fingerprint density at radius 2 is 1.58 bits per heavy atom. The summed E-state index contributed by atoms with van der Waals surface area (Å²) < 4.78 is 0. The second kappa shape index (κ2) is 5.55. The highest BCUT2D eigenvalue weighted by Crippen LogP contribution is 2.36. The number of halogens is 2. The molecule has 0 aliphatic rings. The molecular weight excluding hydrogens is 299 g/mol. The van der Waals surface area contributed by atoms with Crippen LogP contribution < -0.4 is 0 Å². The molecule has 0 atom stereocenters. The number of nitriles is 2. The number of hydrogen-bond acceptors (Lipinski definition) is 3. The molecule has 2 rings (SSSR count). The van der Waals surface area contributed by atoms with Crippen LogP contribution in [0, 0.1) is 22.7 Å². The van der Waals surface area contributed by atoms with Crippen molar-refractivity contribution in [1.29, 1.82) is 10.5 Å². The summed E-state index contributed by atoms with van der Waals surface area (Å²) in [6, 6.07) is 12.5. The van der Waals surface area contributed by atoms with Gasteiger partial charge in [-0.15, -0.1) is 12.6 Å². The van der Waals surface area contributed by atoms with Crippen LogP contribution in [0.1, 0.15) is 11.1 Å². The Balaban J connectivity index is 2.79. The maximum absolute atomic E-state index is 9.17. The molecule has 0 aliphatic heterocycles. The zero-order valence-electron chi connectivity index (χ0n) is 9.48. The molecule has 92 valence electrons. The smallest absolute Gasteiger partial charge is 0.102 e. The Morgan fingerprint density at radius 1 is 0.895 bits per heavy atom. The van der Waals surface area contributed by atoms with E-state index in [0.717, 1.165) is 0 Å². The predicted octanol–water partition coefficient (Wildman–Crippen LogP) is 4.69. The molecule has 0 saturated heterocycles. The van der Waals surface area contributed by atoms with Crippen LogP contribution in [0.3, 0.4) is 0 Å². The van der Waals surface area contributed by atoms with Gasteiger partial charge in [0, 0.05) is 16.0 Å². The van der Waals surface area contributed by atoms with E-state index < -0.39 is 0 Å². The Kier molecular flexibility index (Phi) is 4.02. The molecule has 0 N–H and O–H groups in total. The summed E-state index contributed by atoms with van der Waals surface area (Å²) in [4.78, 5) is 0.497. The number of hydrogen-bond donors (Lipinski definition) is 1. The van der Waals surface area contributed by atoms with E-state index in [1.165, 1.54) is 0 Å². The fourth-order valence-electron chi connectivity index (χ4n) is 1.74. The first-order valence-corrected chi connectivity index (χ1v) is 6.41. The lowest BCUT2D eigenvalue weighted by atomic mass is 9.98. The first-order chi connectivity index (χ1) is 9.10. The van der Waals surface area contributed by atoms with E-state index in [0.29, 0.717) is 26.6 Å². The van der Waals surface area contributed by atoms with E-state index >= 15 is 0 Å². The molecule has 5 heteroatoms. The van der Waals surface area contributed by atoms with Crippen molar-refractivity contribution in [2.45, 2.75) is 4.90 Å². The Labute approximate surface area is 126 Å². The SMILES string of the molecule is N#Cc1c(Cl)cccc1-c1ccc(S)c(C#N)c1Cl. The molecule has 0 unspecified atom stereocenters. The molecule has 0 amide bonds.